The van der Waals surface area contributed by atoms with E-state index in [2.05, 4.69) is 26.1 Å². The zero-order valence-electron chi connectivity index (χ0n) is 17.9. The highest BCUT2D eigenvalue weighted by Crippen LogP contribution is 2.39. The van der Waals surface area contributed by atoms with Gasteiger partial charge in [-0.25, -0.2) is 0 Å². The van der Waals surface area contributed by atoms with E-state index in [-0.39, 0.29) is 35.0 Å². The van der Waals surface area contributed by atoms with Gasteiger partial charge in [0.2, 0.25) is 17.7 Å². The first kappa shape index (κ1) is 21.9. The van der Waals surface area contributed by atoms with E-state index < -0.39 is 6.04 Å². The summed E-state index contributed by atoms with van der Waals surface area (Å²) in [6.07, 6.45) is 5.93. The number of carbonyl (C=O) groups excluding carboxylic acids is 3. The molecule has 0 radical (unpaired) electrons. The van der Waals surface area contributed by atoms with Crippen molar-refractivity contribution in [3.63, 3.8) is 0 Å². The Balaban J connectivity index is 1.78. The number of amides is 3. The molecule has 1 N–H and O–H groups in total. The summed E-state index contributed by atoms with van der Waals surface area (Å²) in [5, 5.41) is 2.93. The summed E-state index contributed by atoms with van der Waals surface area (Å²) in [5.41, 5.74) is 1.91. The fourth-order valence-corrected chi connectivity index (χ4v) is 4.84. The van der Waals surface area contributed by atoms with Crippen LogP contribution in [0.4, 0.5) is 5.69 Å². The van der Waals surface area contributed by atoms with E-state index in [1.165, 1.54) is 10.5 Å². The Kier molecular flexibility index (Phi) is 6.72. The van der Waals surface area contributed by atoms with Gasteiger partial charge in [0.25, 0.3) is 0 Å². The highest BCUT2D eigenvalue weighted by atomic mass is 32.2. The van der Waals surface area contributed by atoms with Crippen LogP contribution in [0.15, 0.2) is 24.3 Å². The molecule has 29 heavy (non-hydrogen) atoms. The van der Waals surface area contributed by atoms with Crippen molar-refractivity contribution >= 4 is 35.2 Å². The molecular formula is C23H32N2O3S. The minimum absolute atomic E-state index is 0.0358. The molecule has 3 amide bonds. The lowest BCUT2D eigenvalue weighted by Gasteiger charge is -2.26. The summed E-state index contributed by atoms with van der Waals surface area (Å²) in [6, 6.07) is 7.05. The number of carbonyl (C=O) groups is 3. The predicted octanol–water partition coefficient (Wildman–Crippen LogP) is 4.22. The Labute approximate surface area is 178 Å². The SMILES string of the molecule is CSCCC(C(=O)Nc1ccc(C(C)(C)C)cc1)N1C(=O)C2CCCCC2C1=O. The average Bonchev–Trinajstić information content (AvgIpc) is 2.93. The van der Waals surface area contributed by atoms with Gasteiger partial charge in [0.15, 0.2) is 0 Å². The number of fused-ring (bicyclic) bond motifs is 1. The first-order valence-electron chi connectivity index (χ1n) is 10.5. The number of hydrogen-bond acceptors (Lipinski definition) is 4. The molecular weight excluding hydrogens is 384 g/mol. The van der Waals surface area contributed by atoms with Crippen LogP contribution in [0.5, 0.6) is 0 Å². The van der Waals surface area contributed by atoms with E-state index in [4.69, 9.17) is 0 Å². The molecule has 1 aliphatic carbocycles. The third-order valence-corrected chi connectivity index (χ3v) is 6.75. The number of nitrogens with zero attached hydrogens (tertiary/aromatic N) is 1. The number of thioether (sulfide) groups is 1. The second-order valence-corrected chi connectivity index (χ2v) is 10.1. The molecule has 1 saturated heterocycles. The molecule has 1 aromatic carbocycles. The van der Waals surface area contributed by atoms with Crippen molar-refractivity contribution in [3.05, 3.63) is 29.8 Å². The zero-order valence-corrected chi connectivity index (χ0v) is 18.7. The van der Waals surface area contributed by atoms with Crippen LogP contribution < -0.4 is 5.32 Å². The van der Waals surface area contributed by atoms with Crippen LogP contribution in [0, 0.1) is 11.8 Å². The van der Waals surface area contributed by atoms with Gasteiger partial charge in [-0.2, -0.15) is 11.8 Å². The van der Waals surface area contributed by atoms with Gasteiger partial charge in [0.1, 0.15) is 6.04 Å². The van der Waals surface area contributed by atoms with Crippen LogP contribution in [0.3, 0.4) is 0 Å². The molecule has 2 fully saturated rings. The molecule has 0 aromatic heterocycles. The Morgan fingerprint density at radius 2 is 1.66 bits per heavy atom. The van der Waals surface area contributed by atoms with Crippen LogP contribution in [0.1, 0.15) is 58.4 Å². The van der Waals surface area contributed by atoms with Crippen molar-refractivity contribution < 1.29 is 14.4 Å². The predicted molar refractivity (Wildman–Crippen MR) is 118 cm³/mol. The van der Waals surface area contributed by atoms with Gasteiger partial charge >= 0.3 is 0 Å². The normalized spacial score (nSPS) is 23.1. The molecule has 1 aromatic rings. The van der Waals surface area contributed by atoms with Gasteiger partial charge in [0.05, 0.1) is 11.8 Å². The van der Waals surface area contributed by atoms with Crippen molar-refractivity contribution in [1.82, 2.24) is 4.90 Å². The van der Waals surface area contributed by atoms with E-state index >= 15 is 0 Å². The summed E-state index contributed by atoms with van der Waals surface area (Å²) < 4.78 is 0. The molecule has 1 aliphatic heterocycles. The zero-order chi connectivity index (χ0) is 21.2. The van der Waals surface area contributed by atoms with Crippen molar-refractivity contribution in [2.45, 2.75) is 64.3 Å². The molecule has 6 heteroatoms. The van der Waals surface area contributed by atoms with E-state index in [9.17, 15) is 14.4 Å². The number of nitrogens with one attached hydrogen (secondary N) is 1. The first-order valence-corrected chi connectivity index (χ1v) is 11.9. The fourth-order valence-electron chi connectivity index (χ4n) is 4.38. The summed E-state index contributed by atoms with van der Waals surface area (Å²) >= 11 is 1.62. The molecule has 2 aliphatic rings. The van der Waals surface area contributed by atoms with Crippen LogP contribution >= 0.6 is 11.8 Å². The largest absolute Gasteiger partial charge is 0.324 e. The van der Waals surface area contributed by atoms with E-state index in [1.54, 1.807) is 11.8 Å². The molecule has 158 valence electrons. The Morgan fingerprint density at radius 3 is 2.14 bits per heavy atom. The maximum atomic E-state index is 13.1. The molecule has 0 bridgehead atoms. The summed E-state index contributed by atoms with van der Waals surface area (Å²) in [4.78, 5) is 40.4. The minimum atomic E-state index is -0.740. The molecule has 1 saturated carbocycles. The van der Waals surface area contributed by atoms with Gasteiger partial charge in [-0.05, 0) is 54.4 Å². The minimum Gasteiger partial charge on any atom is -0.324 e. The monoisotopic (exact) mass is 416 g/mol. The second kappa shape index (κ2) is 8.90. The average molecular weight is 417 g/mol. The maximum Gasteiger partial charge on any atom is 0.247 e. The summed E-state index contributed by atoms with van der Waals surface area (Å²) in [5.74, 6) is -0.317. The molecule has 3 unspecified atom stereocenters. The third kappa shape index (κ3) is 4.68. The van der Waals surface area contributed by atoms with E-state index in [1.807, 2.05) is 30.5 Å². The van der Waals surface area contributed by atoms with Crippen LogP contribution in [-0.2, 0) is 19.8 Å². The van der Waals surface area contributed by atoms with Gasteiger partial charge in [-0.15, -0.1) is 0 Å². The van der Waals surface area contributed by atoms with Crippen molar-refractivity contribution in [2.75, 3.05) is 17.3 Å². The van der Waals surface area contributed by atoms with Crippen molar-refractivity contribution in [1.29, 1.82) is 0 Å². The van der Waals surface area contributed by atoms with Gasteiger partial charge < -0.3 is 5.32 Å². The number of imide groups is 1. The Bertz CT molecular complexity index is 745. The van der Waals surface area contributed by atoms with Gasteiger partial charge in [-0.1, -0.05) is 45.7 Å². The fraction of sp³-hybridized carbons (Fsp3) is 0.609. The van der Waals surface area contributed by atoms with Gasteiger partial charge in [0, 0.05) is 5.69 Å². The van der Waals surface area contributed by atoms with E-state index in [0.29, 0.717) is 17.9 Å². The Hall–Kier alpha value is -1.82. The number of likely N-dealkylation sites (tertiary alicyclic amines) is 1. The van der Waals surface area contributed by atoms with Crippen LogP contribution in [0.2, 0.25) is 0 Å². The second-order valence-electron chi connectivity index (χ2n) is 9.16. The smallest absolute Gasteiger partial charge is 0.247 e. The van der Waals surface area contributed by atoms with Crippen LogP contribution in [0.25, 0.3) is 0 Å². The molecule has 3 atom stereocenters. The van der Waals surface area contributed by atoms with Crippen molar-refractivity contribution in [3.8, 4) is 0 Å². The highest BCUT2D eigenvalue weighted by molar-refractivity contribution is 7.98. The van der Waals surface area contributed by atoms with E-state index in [0.717, 1.165) is 25.7 Å². The lowest BCUT2D eigenvalue weighted by molar-refractivity contribution is -0.146. The maximum absolute atomic E-state index is 13.1. The highest BCUT2D eigenvalue weighted by Gasteiger charge is 2.51. The molecule has 1 heterocycles. The number of anilines is 1. The molecule has 3 rings (SSSR count). The standard InChI is InChI=1S/C23H32N2O3S/c1-23(2,3)15-9-11-16(12-10-15)24-20(26)19(13-14-29-4)25-21(27)17-7-5-6-8-18(17)22(25)28/h9-12,17-19H,5-8,13-14H2,1-4H3,(H,24,26). The first-order chi connectivity index (χ1) is 13.7. The molecule has 0 spiro atoms. The van der Waals surface area contributed by atoms with Gasteiger partial charge in [-0.3, -0.25) is 19.3 Å². The summed E-state index contributed by atoms with van der Waals surface area (Å²) in [7, 11) is 0. The quantitative estimate of drug-likeness (QED) is 0.705. The Morgan fingerprint density at radius 1 is 1.10 bits per heavy atom. The number of rotatable bonds is 6. The number of hydrogen-bond donors (Lipinski definition) is 1. The van der Waals surface area contributed by atoms with Crippen LogP contribution in [-0.4, -0.2) is 40.7 Å². The third-order valence-electron chi connectivity index (χ3n) is 6.10. The summed E-state index contributed by atoms with van der Waals surface area (Å²) in [6.45, 7) is 6.43. The number of benzene rings is 1. The lowest BCUT2D eigenvalue weighted by atomic mass is 9.81. The van der Waals surface area contributed by atoms with Crippen molar-refractivity contribution in [2.24, 2.45) is 11.8 Å². The molecule has 5 nitrogen and oxygen atoms in total. The lowest BCUT2D eigenvalue weighted by Crippen LogP contribution is -2.48. The topological polar surface area (TPSA) is 66.5 Å².